The average Bonchev–Trinajstić information content (AvgIpc) is 3.24. The molecule has 2 fully saturated rings. The van der Waals surface area contributed by atoms with Gasteiger partial charge >= 0.3 is 6.18 Å². The monoisotopic (exact) mass is 352 g/mol. The third-order valence-corrected chi connectivity index (χ3v) is 4.98. The quantitative estimate of drug-likeness (QED) is 0.592. The molecule has 6 heteroatoms. The minimum atomic E-state index is -4.43. The summed E-state index contributed by atoms with van der Waals surface area (Å²) >= 11 is 0. The van der Waals surface area contributed by atoms with E-state index in [1.807, 2.05) is 0 Å². The molecule has 0 spiro atoms. The lowest BCUT2D eigenvalue weighted by Crippen LogP contribution is -2.36. The Morgan fingerprint density at radius 2 is 1.92 bits per heavy atom. The van der Waals surface area contributed by atoms with Crippen LogP contribution in [0.2, 0.25) is 0 Å². The fraction of sp³-hybridized carbons (Fsp3) is 0.526. The van der Waals surface area contributed by atoms with Gasteiger partial charge in [0.25, 0.3) is 0 Å². The summed E-state index contributed by atoms with van der Waals surface area (Å²) in [6.45, 7) is 4.17. The molecule has 25 heavy (non-hydrogen) atoms. The molecule has 0 amide bonds. The van der Waals surface area contributed by atoms with Gasteiger partial charge < -0.3 is 9.80 Å². The summed E-state index contributed by atoms with van der Waals surface area (Å²) in [7, 11) is 0. The molecule has 0 N–H and O–H groups in total. The first-order chi connectivity index (χ1) is 11.9. The van der Waals surface area contributed by atoms with Crippen LogP contribution in [-0.4, -0.2) is 47.8 Å². The van der Waals surface area contributed by atoms with E-state index in [1.165, 1.54) is 31.1 Å². The molecule has 0 bridgehead atoms. The van der Waals surface area contributed by atoms with Gasteiger partial charge in [-0.3, -0.25) is 4.79 Å². The molecule has 0 aromatic heterocycles. The Labute approximate surface area is 146 Å². The first-order valence-electron chi connectivity index (χ1n) is 8.81. The maximum Gasteiger partial charge on any atom is 0.416 e. The number of hydrogen-bond donors (Lipinski definition) is 0. The number of carbonyl (C=O) groups is 1. The Kier molecular flexibility index (Phi) is 5.47. The summed E-state index contributed by atoms with van der Waals surface area (Å²) in [6, 6.07) is 4.98. The number of nitrogens with zero attached hydrogens (tertiary/aromatic N) is 2. The summed E-state index contributed by atoms with van der Waals surface area (Å²) in [6.07, 6.45) is 3.40. The molecule has 2 aliphatic heterocycles. The van der Waals surface area contributed by atoms with Crippen molar-refractivity contribution < 1.29 is 18.0 Å². The molecule has 0 unspecified atom stereocenters. The van der Waals surface area contributed by atoms with Crippen molar-refractivity contribution in [1.82, 2.24) is 9.80 Å². The van der Waals surface area contributed by atoms with Crippen molar-refractivity contribution in [3.63, 3.8) is 0 Å². The van der Waals surface area contributed by atoms with Gasteiger partial charge in [-0.05, 0) is 50.9 Å². The molecule has 1 aromatic carbocycles. The standard InChI is InChI=1S/C19H23F3N2O/c20-19(21,22)16-6-3-5-15(13-16)18(25)8-12-24-11-4-7-17(24)14-23-9-1-2-10-23/h3,5-6,8,12-13,17H,1-2,4,7,9-11,14H2/t17-/m0/s1. The van der Waals surface area contributed by atoms with E-state index in [9.17, 15) is 18.0 Å². The molecule has 136 valence electrons. The van der Waals surface area contributed by atoms with Crippen LogP contribution in [0.3, 0.4) is 0 Å². The maximum atomic E-state index is 12.8. The van der Waals surface area contributed by atoms with Crippen molar-refractivity contribution in [2.24, 2.45) is 0 Å². The van der Waals surface area contributed by atoms with Crippen LogP contribution in [0.25, 0.3) is 0 Å². The summed E-state index contributed by atoms with van der Waals surface area (Å²) in [5.41, 5.74) is -0.721. The average molecular weight is 352 g/mol. The number of halogens is 3. The number of likely N-dealkylation sites (tertiary alicyclic amines) is 2. The second kappa shape index (κ2) is 7.60. The summed E-state index contributed by atoms with van der Waals surface area (Å²) in [4.78, 5) is 16.8. The Balaban J connectivity index is 1.63. The smallest absolute Gasteiger partial charge is 0.373 e. The Morgan fingerprint density at radius 3 is 2.64 bits per heavy atom. The van der Waals surface area contributed by atoms with Gasteiger partial charge in [0.1, 0.15) is 0 Å². The second-order valence-electron chi connectivity index (χ2n) is 6.80. The van der Waals surface area contributed by atoms with E-state index in [2.05, 4.69) is 9.80 Å². The highest BCUT2D eigenvalue weighted by atomic mass is 19.4. The number of allylic oxidation sites excluding steroid dienone is 1. The molecule has 3 rings (SSSR count). The molecule has 3 nitrogen and oxygen atoms in total. The normalized spacial score (nSPS) is 22.2. The molecule has 1 aromatic rings. The van der Waals surface area contributed by atoms with Gasteiger partial charge in [0.2, 0.25) is 0 Å². The van der Waals surface area contributed by atoms with E-state index in [1.54, 1.807) is 6.20 Å². The maximum absolute atomic E-state index is 12.8. The van der Waals surface area contributed by atoms with Crippen LogP contribution < -0.4 is 0 Å². The van der Waals surface area contributed by atoms with E-state index in [0.717, 1.165) is 51.2 Å². The number of benzene rings is 1. The molecule has 2 heterocycles. The van der Waals surface area contributed by atoms with Gasteiger partial charge in [-0.25, -0.2) is 0 Å². The van der Waals surface area contributed by atoms with Crippen LogP contribution in [0.15, 0.2) is 36.5 Å². The number of carbonyl (C=O) groups excluding carboxylic acids is 1. The molecule has 2 aliphatic rings. The molecular formula is C19H23F3N2O. The Hall–Kier alpha value is -1.82. The van der Waals surface area contributed by atoms with Gasteiger partial charge in [-0.1, -0.05) is 12.1 Å². The van der Waals surface area contributed by atoms with Crippen LogP contribution in [0.4, 0.5) is 13.2 Å². The predicted octanol–water partition coefficient (Wildman–Crippen LogP) is 3.96. The SMILES string of the molecule is O=C(C=CN1CCC[C@H]1CN1CCCC1)c1cccc(C(F)(F)F)c1. The van der Waals surface area contributed by atoms with Crippen LogP contribution in [-0.2, 0) is 6.18 Å². The molecule has 0 radical (unpaired) electrons. The first-order valence-corrected chi connectivity index (χ1v) is 8.81. The van der Waals surface area contributed by atoms with Crippen LogP contribution in [0.5, 0.6) is 0 Å². The minimum Gasteiger partial charge on any atom is -0.373 e. The Morgan fingerprint density at radius 1 is 1.16 bits per heavy atom. The van der Waals surface area contributed by atoms with E-state index < -0.39 is 17.5 Å². The lowest BCUT2D eigenvalue weighted by Gasteiger charge is -2.27. The molecule has 2 saturated heterocycles. The van der Waals surface area contributed by atoms with Gasteiger partial charge in [0.15, 0.2) is 5.78 Å². The van der Waals surface area contributed by atoms with Crippen molar-refractivity contribution in [2.75, 3.05) is 26.2 Å². The fourth-order valence-corrected chi connectivity index (χ4v) is 3.62. The van der Waals surface area contributed by atoms with E-state index in [4.69, 9.17) is 0 Å². The Bertz CT molecular complexity index is 636. The number of rotatable bonds is 5. The highest BCUT2D eigenvalue weighted by Gasteiger charge is 2.31. The number of ketones is 1. The molecule has 0 saturated carbocycles. The predicted molar refractivity (Wildman–Crippen MR) is 90.3 cm³/mol. The highest BCUT2D eigenvalue weighted by molar-refractivity contribution is 6.04. The molecule has 1 atom stereocenters. The van der Waals surface area contributed by atoms with Crippen LogP contribution >= 0.6 is 0 Å². The minimum absolute atomic E-state index is 0.0707. The zero-order chi connectivity index (χ0) is 17.9. The van der Waals surface area contributed by atoms with Gasteiger partial charge in [-0.15, -0.1) is 0 Å². The highest BCUT2D eigenvalue weighted by Crippen LogP contribution is 2.29. The van der Waals surface area contributed by atoms with Crippen molar-refractivity contribution in [1.29, 1.82) is 0 Å². The topological polar surface area (TPSA) is 23.6 Å². The van der Waals surface area contributed by atoms with Crippen molar-refractivity contribution in [2.45, 2.75) is 37.9 Å². The number of hydrogen-bond acceptors (Lipinski definition) is 3. The van der Waals surface area contributed by atoms with Gasteiger partial charge in [0.05, 0.1) is 5.56 Å². The molecular weight excluding hydrogens is 329 g/mol. The van der Waals surface area contributed by atoms with E-state index >= 15 is 0 Å². The molecule has 0 aliphatic carbocycles. The van der Waals surface area contributed by atoms with Crippen LogP contribution in [0, 0.1) is 0 Å². The third kappa shape index (κ3) is 4.63. The van der Waals surface area contributed by atoms with E-state index in [-0.39, 0.29) is 5.56 Å². The summed E-state index contributed by atoms with van der Waals surface area (Å²) in [5, 5.41) is 0. The van der Waals surface area contributed by atoms with Crippen molar-refractivity contribution in [3.05, 3.63) is 47.7 Å². The fourth-order valence-electron chi connectivity index (χ4n) is 3.62. The summed E-state index contributed by atoms with van der Waals surface area (Å²) in [5.74, 6) is -0.391. The largest absolute Gasteiger partial charge is 0.416 e. The zero-order valence-electron chi connectivity index (χ0n) is 14.1. The second-order valence-corrected chi connectivity index (χ2v) is 6.80. The van der Waals surface area contributed by atoms with Crippen molar-refractivity contribution in [3.8, 4) is 0 Å². The van der Waals surface area contributed by atoms with Crippen LogP contribution in [0.1, 0.15) is 41.6 Å². The van der Waals surface area contributed by atoms with E-state index in [0.29, 0.717) is 6.04 Å². The third-order valence-electron chi connectivity index (χ3n) is 4.98. The van der Waals surface area contributed by atoms with Gasteiger partial charge in [0, 0.05) is 37.0 Å². The lowest BCUT2D eigenvalue weighted by atomic mass is 10.1. The van der Waals surface area contributed by atoms with Crippen molar-refractivity contribution >= 4 is 5.78 Å². The summed E-state index contributed by atoms with van der Waals surface area (Å²) < 4.78 is 38.3. The lowest BCUT2D eigenvalue weighted by molar-refractivity contribution is -0.137. The number of alkyl halides is 3. The zero-order valence-corrected chi connectivity index (χ0v) is 14.1. The van der Waals surface area contributed by atoms with Gasteiger partial charge in [-0.2, -0.15) is 13.2 Å². The first kappa shape index (κ1) is 18.0.